The molecule has 94 valence electrons. The maximum atomic E-state index is 4.40. The summed E-state index contributed by atoms with van der Waals surface area (Å²) < 4.78 is 1.06. The van der Waals surface area contributed by atoms with Crippen molar-refractivity contribution >= 4 is 21.7 Å². The molecule has 1 aromatic heterocycles. The fourth-order valence-electron chi connectivity index (χ4n) is 2.27. The number of pyridine rings is 1. The number of hydrogen-bond acceptors (Lipinski definition) is 3. The summed E-state index contributed by atoms with van der Waals surface area (Å²) in [4.78, 5) is 4.40. The Kier molecular flexibility index (Phi) is 4.40. The molecule has 2 atom stereocenters. The van der Waals surface area contributed by atoms with Crippen LogP contribution in [0.2, 0.25) is 0 Å². The topological polar surface area (TPSA) is 37.0 Å². The minimum Gasteiger partial charge on any atom is -0.367 e. The van der Waals surface area contributed by atoms with Gasteiger partial charge in [-0.3, -0.25) is 0 Å². The number of halogens is 1. The van der Waals surface area contributed by atoms with Gasteiger partial charge in [-0.2, -0.15) is 0 Å². The first-order valence-corrected chi connectivity index (χ1v) is 7.05. The lowest BCUT2D eigenvalue weighted by Crippen LogP contribution is -2.38. The van der Waals surface area contributed by atoms with Gasteiger partial charge in [0.25, 0.3) is 0 Å². The van der Waals surface area contributed by atoms with Crippen molar-refractivity contribution in [3.8, 4) is 0 Å². The summed E-state index contributed by atoms with van der Waals surface area (Å²) in [6.07, 6.45) is 4.45. The van der Waals surface area contributed by atoms with Crippen molar-refractivity contribution < 1.29 is 0 Å². The normalized spacial score (nSPS) is 22.2. The van der Waals surface area contributed by atoms with Crippen LogP contribution in [0.15, 0.2) is 16.7 Å². The molecule has 2 rings (SSSR count). The predicted octanol–water partition coefficient (Wildman–Crippen LogP) is 2.95. The van der Waals surface area contributed by atoms with Crippen LogP contribution < -0.4 is 10.6 Å². The summed E-state index contributed by atoms with van der Waals surface area (Å²) in [6.45, 7) is 6.61. The van der Waals surface area contributed by atoms with E-state index in [0.717, 1.165) is 16.8 Å². The van der Waals surface area contributed by atoms with E-state index in [9.17, 15) is 0 Å². The molecule has 1 aromatic rings. The van der Waals surface area contributed by atoms with Gasteiger partial charge >= 0.3 is 0 Å². The van der Waals surface area contributed by atoms with Gasteiger partial charge < -0.3 is 10.6 Å². The van der Waals surface area contributed by atoms with Crippen molar-refractivity contribution in [1.82, 2.24) is 10.3 Å². The van der Waals surface area contributed by atoms with Crippen LogP contribution in [-0.2, 0) is 0 Å². The Bertz CT molecular complexity index is 375. The van der Waals surface area contributed by atoms with Gasteiger partial charge in [-0.25, -0.2) is 4.98 Å². The highest BCUT2D eigenvalue weighted by molar-refractivity contribution is 9.10. The van der Waals surface area contributed by atoms with Gasteiger partial charge in [-0.05, 0) is 73.3 Å². The molecule has 2 heterocycles. The van der Waals surface area contributed by atoms with E-state index in [4.69, 9.17) is 0 Å². The maximum absolute atomic E-state index is 4.40. The largest absolute Gasteiger partial charge is 0.367 e. The molecule has 0 aromatic carbocycles. The number of piperidine rings is 1. The van der Waals surface area contributed by atoms with E-state index in [1.165, 1.54) is 24.9 Å². The number of anilines is 1. The molecule has 1 aliphatic rings. The Labute approximate surface area is 112 Å². The van der Waals surface area contributed by atoms with Crippen molar-refractivity contribution in [3.05, 3.63) is 22.3 Å². The zero-order valence-electron chi connectivity index (χ0n) is 10.5. The van der Waals surface area contributed by atoms with E-state index in [2.05, 4.69) is 51.5 Å². The highest BCUT2D eigenvalue weighted by Gasteiger charge is 2.19. The molecule has 2 unspecified atom stereocenters. The van der Waals surface area contributed by atoms with Crippen LogP contribution in [0, 0.1) is 12.8 Å². The Balaban J connectivity index is 1.96. The highest BCUT2D eigenvalue weighted by Crippen LogP contribution is 2.21. The van der Waals surface area contributed by atoms with Crippen molar-refractivity contribution in [2.45, 2.75) is 32.7 Å². The SMILES string of the molecule is Cc1cc(NC(C)C2CCCNC2)ncc1Br. The van der Waals surface area contributed by atoms with Gasteiger partial charge in [0.2, 0.25) is 0 Å². The number of rotatable bonds is 3. The van der Waals surface area contributed by atoms with E-state index >= 15 is 0 Å². The van der Waals surface area contributed by atoms with Crippen LogP contribution in [0.4, 0.5) is 5.82 Å². The van der Waals surface area contributed by atoms with E-state index in [1.54, 1.807) is 0 Å². The molecular weight excluding hydrogens is 278 g/mol. The van der Waals surface area contributed by atoms with Crippen LogP contribution in [0.1, 0.15) is 25.3 Å². The van der Waals surface area contributed by atoms with E-state index in [1.807, 2.05) is 6.20 Å². The van der Waals surface area contributed by atoms with Crippen LogP contribution in [0.3, 0.4) is 0 Å². The van der Waals surface area contributed by atoms with Gasteiger partial charge in [-0.1, -0.05) is 0 Å². The second kappa shape index (κ2) is 5.83. The fraction of sp³-hybridized carbons (Fsp3) is 0.615. The fourth-order valence-corrected chi connectivity index (χ4v) is 2.49. The van der Waals surface area contributed by atoms with Crippen LogP contribution in [-0.4, -0.2) is 24.1 Å². The molecule has 0 saturated carbocycles. The van der Waals surface area contributed by atoms with Crippen LogP contribution in [0.5, 0.6) is 0 Å². The summed E-state index contributed by atoms with van der Waals surface area (Å²) in [6, 6.07) is 2.56. The number of aromatic nitrogens is 1. The Morgan fingerprint density at radius 3 is 3.06 bits per heavy atom. The smallest absolute Gasteiger partial charge is 0.126 e. The monoisotopic (exact) mass is 297 g/mol. The first kappa shape index (κ1) is 12.8. The zero-order chi connectivity index (χ0) is 12.3. The maximum Gasteiger partial charge on any atom is 0.126 e. The minimum absolute atomic E-state index is 0.468. The van der Waals surface area contributed by atoms with Crippen molar-refractivity contribution in [1.29, 1.82) is 0 Å². The molecule has 3 nitrogen and oxygen atoms in total. The number of nitrogens with one attached hydrogen (secondary N) is 2. The Hall–Kier alpha value is -0.610. The first-order valence-electron chi connectivity index (χ1n) is 6.26. The molecular formula is C13H20BrN3. The lowest BCUT2D eigenvalue weighted by molar-refractivity contribution is 0.346. The van der Waals surface area contributed by atoms with E-state index in [-0.39, 0.29) is 0 Å². The molecule has 4 heteroatoms. The van der Waals surface area contributed by atoms with E-state index < -0.39 is 0 Å². The quantitative estimate of drug-likeness (QED) is 0.901. The lowest BCUT2D eigenvalue weighted by Gasteiger charge is -2.29. The van der Waals surface area contributed by atoms with Gasteiger partial charge in [0.15, 0.2) is 0 Å². The van der Waals surface area contributed by atoms with Crippen molar-refractivity contribution in [2.24, 2.45) is 5.92 Å². The third-order valence-electron chi connectivity index (χ3n) is 3.46. The number of aryl methyl sites for hydroxylation is 1. The average molecular weight is 298 g/mol. The van der Waals surface area contributed by atoms with Gasteiger partial charge in [0, 0.05) is 16.7 Å². The Morgan fingerprint density at radius 1 is 1.59 bits per heavy atom. The lowest BCUT2D eigenvalue weighted by atomic mass is 9.93. The molecule has 2 N–H and O–H groups in total. The molecule has 0 amide bonds. The highest BCUT2D eigenvalue weighted by atomic mass is 79.9. The molecule has 1 fully saturated rings. The molecule has 0 bridgehead atoms. The van der Waals surface area contributed by atoms with Gasteiger partial charge in [0.05, 0.1) is 0 Å². The van der Waals surface area contributed by atoms with E-state index in [0.29, 0.717) is 12.0 Å². The summed E-state index contributed by atoms with van der Waals surface area (Å²) in [5.41, 5.74) is 1.22. The number of hydrogen-bond donors (Lipinski definition) is 2. The average Bonchev–Trinajstić information content (AvgIpc) is 2.35. The Morgan fingerprint density at radius 2 is 2.41 bits per heavy atom. The van der Waals surface area contributed by atoms with Crippen LogP contribution >= 0.6 is 15.9 Å². The molecule has 17 heavy (non-hydrogen) atoms. The standard InChI is InChI=1S/C13H20BrN3/c1-9-6-13(16-8-12(9)14)17-10(2)11-4-3-5-15-7-11/h6,8,10-11,15H,3-5,7H2,1-2H3,(H,16,17). The van der Waals surface area contributed by atoms with Gasteiger partial charge in [0.1, 0.15) is 5.82 Å². The van der Waals surface area contributed by atoms with Gasteiger partial charge in [-0.15, -0.1) is 0 Å². The summed E-state index contributed by atoms with van der Waals surface area (Å²) in [5, 5.41) is 6.96. The minimum atomic E-state index is 0.468. The third kappa shape index (κ3) is 3.42. The van der Waals surface area contributed by atoms with Crippen molar-refractivity contribution in [2.75, 3.05) is 18.4 Å². The third-order valence-corrected chi connectivity index (χ3v) is 4.29. The first-order chi connectivity index (χ1) is 8.16. The number of nitrogens with zero attached hydrogens (tertiary/aromatic N) is 1. The molecule has 1 aliphatic heterocycles. The molecule has 0 spiro atoms. The molecule has 1 saturated heterocycles. The van der Waals surface area contributed by atoms with Crippen molar-refractivity contribution in [3.63, 3.8) is 0 Å². The second-order valence-corrected chi connectivity index (χ2v) is 5.71. The molecule has 0 aliphatic carbocycles. The predicted molar refractivity (Wildman–Crippen MR) is 75.4 cm³/mol. The summed E-state index contributed by atoms with van der Waals surface area (Å²) >= 11 is 3.47. The second-order valence-electron chi connectivity index (χ2n) is 4.86. The summed E-state index contributed by atoms with van der Waals surface area (Å²) in [5.74, 6) is 1.68. The molecule has 0 radical (unpaired) electrons. The zero-order valence-corrected chi connectivity index (χ0v) is 12.0. The summed E-state index contributed by atoms with van der Waals surface area (Å²) in [7, 11) is 0. The van der Waals surface area contributed by atoms with Crippen LogP contribution in [0.25, 0.3) is 0 Å².